The summed E-state index contributed by atoms with van der Waals surface area (Å²) in [5, 5.41) is 0.731. The number of hydrogen-bond donors (Lipinski definition) is 2. The van der Waals surface area contributed by atoms with Gasteiger partial charge in [-0.1, -0.05) is 31.5 Å². The molecule has 1 aromatic rings. The number of ether oxygens (including phenoxy) is 1. The zero-order valence-corrected chi connectivity index (χ0v) is 12.5. The van der Waals surface area contributed by atoms with Crippen LogP contribution in [0.15, 0.2) is 18.2 Å². The molecule has 5 nitrogen and oxygen atoms in total. The molecular formula is C13H21ClN2O3. The second-order valence-electron chi connectivity index (χ2n) is 3.23. The molecule has 0 fully saturated rings. The molecule has 1 amide bonds. The second kappa shape index (κ2) is 11.3. The van der Waals surface area contributed by atoms with Gasteiger partial charge in [0.2, 0.25) is 5.91 Å². The summed E-state index contributed by atoms with van der Waals surface area (Å²) in [4.78, 5) is 20.0. The summed E-state index contributed by atoms with van der Waals surface area (Å²) in [6.07, 6.45) is -0.337. The fourth-order valence-corrected chi connectivity index (χ4v) is 1.01. The molecule has 19 heavy (non-hydrogen) atoms. The maximum Gasteiger partial charge on any atom is 0.315 e. The van der Waals surface area contributed by atoms with Crippen LogP contribution in [0.2, 0.25) is 5.02 Å². The summed E-state index contributed by atoms with van der Waals surface area (Å²) in [6.45, 7) is 5.95. The number of carbonyl (C=O) groups excluding carboxylic acids is 2. The van der Waals surface area contributed by atoms with Crippen LogP contribution < -0.4 is 11.5 Å². The average Bonchev–Trinajstić information content (AvgIpc) is 2.36. The van der Waals surface area contributed by atoms with Crippen LogP contribution in [0.1, 0.15) is 25.8 Å². The molecule has 1 rings (SSSR count). The van der Waals surface area contributed by atoms with Gasteiger partial charge in [-0.25, -0.2) is 0 Å². The van der Waals surface area contributed by atoms with E-state index in [4.69, 9.17) is 17.3 Å². The van der Waals surface area contributed by atoms with Crippen molar-refractivity contribution in [3.8, 4) is 0 Å². The normalized spacial score (nSPS) is 8.26. The smallest absolute Gasteiger partial charge is 0.315 e. The minimum absolute atomic E-state index is 0.337. The molecule has 0 aromatic heterocycles. The average molecular weight is 289 g/mol. The van der Waals surface area contributed by atoms with Gasteiger partial charge < -0.3 is 16.2 Å². The Morgan fingerprint density at radius 3 is 2.11 bits per heavy atom. The van der Waals surface area contributed by atoms with Gasteiger partial charge in [0.25, 0.3) is 0 Å². The highest BCUT2D eigenvalue weighted by Crippen LogP contribution is 2.17. The SMILES string of the molecule is CC.COC(=O)CC(N)=O.Cc1ccc(N)cc1Cl. The van der Waals surface area contributed by atoms with Crippen LogP contribution in [0.25, 0.3) is 0 Å². The summed E-state index contributed by atoms with van der Waals surface area (Å²) < 4.78 is 4.12. The number of nitrogen functional groups attached to an aromatic ring is 1. The van der Waals surface area contributed by atoms with Crippen LogP contribution in [0, 0.1) is 6.92 Å². The van der Waals surface area contributed by atoms with Gasteiger partial charge in [0.05, 0.1) is 7.11 Å². The molecule has 0 aliphatic carbocycles. The van der Waals surface area contributed by atoms with Crippen molar-refractivity contribution < 1.29 is 14.3 Å². The topological polar surface area (TPSA) is 95.4 Å². The first-order chi connectivity index (χ1) is 8.86. The molecule has 0 aliphatic heterocycles. The van der Waals surface area contributed by atoms with Gasteiger partial charge >= 0.3 is 5.97 Å². The maximum absolute atomic E-state index is 10.1. The highest BCUT2D eigenvalue weighted by Gasteiger charge is 2.02. The van der Waals surface area contributed by atoms with Gasteiger partial charge in [-0.3, -0.25) is 9.59 Å². The highest BCUT2D eigenvalue weighted by atomic mass is 35.5. The fourth-order valence-electron chi connectivity index (χ4n) is 0.824. The molecule has 0 saturated carbocycles. The molecule has 6 heteroatoms. The van der Waals surface area contributed by atoms with Crippen LogP contribution >= 0.6 is 11.6 Å². The number of amides is 1. The van der Waals surface area contributed by atoms with E-state index >= 15 is 0 Å². The van der Waals surface area contributed by atoms with E-state index in [1.165, 1.54) is 7.11 Å². The number of nitrogens with two attached hydrogens (primary N) is 2. The molecule has 0 heterocycles. The first kappa shape index (κ1) is 19.6. The summed E-state index contributed by atoms with van der Waals surface area (Å²) >= 11 is 5.73. The Balaban J connectivity index is 0. The minimum Gasteiger partial charge on any atom is -0.469 e. The molecule has 4 N–H and O–H groups in total. The molecular weight excluding hydrogens is 268 g/mol. The number of methoxy groups -OCH3 is 1. The number of rotatable bonds is 2. The Morgan fingerprint density at radius 1 is 1.32 bits per heavy atom. The van der Waals surface area contributed by atoms with Crippen molar-refractivity contribution in [2.75, 3.05) is 12.8 Å². The Hall–Kier alpha value is -1.75. The third-order valence-electron chi connectivity index (χ3n) is 1.74. The van der Waals surface area contributed by atoms with Gasteiger partial charge in [-0.2, -0.15) is 0 Å². The Morgan fingerprint density at radius 2 is 1.84 bits per heavy atom. The molecule has 0 saturated heterocycles. The lowest BCUT2D eigenvalue weighted by molar-refractivity contribution is -0.143. The number of aryl methyl sites for hydroxylation is 1. The van der Waals surface area contributed by atoms with Crippen molar-refractivity contribution in [2.45, 2.75) is 27.2 Å². The number of carbonyl (C=O) groups is 2. The summed E-state index contributed by atoms with van der Waals surface area (Å²) in [5.74, 6) is -1.27. The van der Waals surface area contributed by atoms with Crippen LogP contribution in [0.5, 0.6) is 0 Å². The maximum atomic E-state index is 10.1. The molecule has 0 atom stereocenters. The number of primary amides is 1. The van der Waals surface area contributed by atoms with E-state index < -0.39 is 11.9 Å². The molecule has 1 aromatic carbocycles. The van der Waals surface area contributed by atoms with E-state index in [2.05, 4.69) is 10.5 Å². The second-order valence-corrected chi connectivity index (χ2v) is 3.64. The van der Waals surface area contributed by atoms with Crippen LogP contribution in [-0.2, 0) is 14.3 Å². The summed E-state index contributed by atoms with van der Waals surface area (Å²) in [5.41, 5.74) is 11.8. The van der Waals surface area contributed by atoms with Crippen molar-refractivity contribution in [3.05, 3.63) is 28.8 Å². The largest absolute Gasteiger partial charge is 0.469 e. The van der Waals surface area contributed by atoms with E-state index in [-0.39, 0.29) is 6.42 Å². The quantitative estimate of drug-likeness (QED) is 0.496. The third kappa shape index (κ3) is 11.1. The molecule has 0 bridgehead atoms. The van der Waals surface area contributed by atoms with Gasteiger partial charge in [-0.15, -0.1) is 0 Å². The fraction of sp³-hybridized carbons (Fsp3) is 0.385. The van der Waals surface area contributed by atoms with Gasteiger partial charge in [0, 0.05) is 10.7 Å². The molecule has 108 valence electrons. The van der Waals surface area contributed by atoms with Gasteiger partial charge in [-0.05, 0) is 24.6 Å². The highest BCUT2D eigenvalue weighted by molar-refractivity contribution is 6.31. The van der Waals surface area contributed by atoms with E-state index in [0.29, 0.717) is 5.69 Å². The number of hydrogen-bond acceptors (Lipinski definition) is 4. The molecule has 0 spiro atoms. The van der Waals surface area contributed by atoms with Crippen molar-refractivity contribution >= 4 is 29.2 Å². The zero-order chi connectivity index (χ0) is 15.4. The molecule has 0 radical (unpaired) electrons. The van der Waals surface area contributed by atoms with Crippen LogP contribution in [-0.4, -0.2) is 19.0 Å². The van der Waals surface area contributed by atoms with Crippen molar-refractivity contribution in [3.63, 3.8) is 0 Å². The standard InChI is InChI=1S/C7H8ClN.C4H7NO3.C2H6/c1-5-2-3-6(9)4-7(5)8;1-8-4(7)2-3(5)6;1-2/h2-4H,9H2,1H3;2H2,1H3,(H2,5,6);1-2H3. The number of halogens is 1. The number of anilines is 1. The van der Waals surface area contributed by atoms with E-state index in [1.54, 1.807) is 6.07 Å². The Bertz CT molecular complexity index is 409. The third-order valence-corrected chi connectivity index (χ3v) is 2.15. The minimum atomic E-state index is -0.670. The Labute approximate surface area is 118 Å². The van der Waals surface area contributed by atoms with Crippen LogP contribution in [0.3, 0.4) is 0 Å². The van der Waals surface area contributed by atoms with E-state index in [1.807, 2.05) is 32.9 Å². The van der Waals surface area contributed by atoms with Crippen molar-refractivity contribution in [1.82, 2.24) is 0 Å². The summed E-state index contributed by atoms with van der Waals surface area (Å²) in [6, 6.07) is 5.48. The Kier molecular flexibility index (Phi) is 11.7. The van der Waals surface area contributed by atoms with Crippen LogP contribution in [0.4, 0.5) is 5.69 Å². The lowest BCUT2D eigenvalue weighted by atomic mass is 10.2. The van der Waals surface area contributed by atoms with E-state index in [0.717, 1.165) is 10.6 Å². The summed E-state index contributed by atoms with van der Waals surface area (Å²) in [7, 11) is 1.20. The van der Waals surface area contributed by atoms with Crippen molar-refractivity contribution in [1.29, 1.82) is 0 Å². The first-order valence-electron chi connectivity index (χ1n) is 5.73. The monoisotopic (exact) mass is 288 g/mol. The van der Waals surface area contributed by atoms with Gasteiger partial charge in [0.15, 0.2) is 0 Å². The van der Waals surface area contributed by atoms with Gasteiger partial charge in [0.1, 0.15) is 6.42 Å². The van der Waals surface area contributed by atoms with E-state index in [9.17, 15) is 9.59 Å². The molecule has 0 unspecified atom stereocenters. The predicted molar refractivity (Wildman–Crippen MR) is 77.8 cm³/mol. The first-order valence-corrected chi connectivity index (χ1v) is 6.11. The lowest BCUT2D eigenvalue weighted by Crippen LogP contribution is -2.16. The number of benzene rings is 1. The van der Waals surface area contributed by atoms with Crippen molar-refractivity contribution in [2.24, 2.45) is 5.73 Å². The number of esters is 1. The molecule has 0 aliphatic rings. The predicted octanol–water partition coefficient (Wildman–Crippen LogP) is 2.29. The lowest BCUT2D eigenvalue weighted by Gasteiger charge is -1.96. The zero-order valence-electron chi connectivity index (χ0n) is 11.7.